The van der Waals surface area contributed by atoms with Gasteiger partial charge in [0.05, 0.1) is 21.3 Å². The van der Waals surface area contributed by atoms with E-state index in [4.69, 9.17) is 4.98 Å². The van der Waals surface area contributed by atoms with Crippen LogP contribution >= 0.6 is 11.3 Å². The van der Waals surface area contributed by atoms with Crippen molar-refractivity contribution < 1.29 is 4.79 Å². The molecule has 1 fully saturated rings. The molecule has 6 nitrogen and oxygen atoms in total. The SMILES string of the molecule is CC(C(=O)Nc1ncccn1)N1CCC(c2nc3ccccc3s2)CC1. The van der Waals surface area contributed by atoms with Gasteiger partial charge in [0.1, 0.15) is 0 Å². The van der Waals surface area contributed by atoms with E-state index in [1.165, 1.54) is 9.71 Å². The number of anilines is 1. The number of nitrogens with zero attached hydrogens (tertiary/aromatic N) is 4. The van der Waals surface area contributed by atoms with Crippen LogP contribution in [0.25, 0.3) is 10.2 Å². The van der Waals surface area contributed by atoms with E-state index >= 15 is 0 Å². The van der Waals surface area contributed by atoms with E-state index in [0.717, 1.165) is 31.4 Å². The molecule has 0 radical (unpaired) electrons. The second-order valence-electron chi connectivity index (χ2n) is 6.57. The predicted octanol–water partition coefficient (Wildman–Crippen LogP) is 3.29. The van der Waals surface area contributed by atoms with Crippen LogP contribution < -0.4 is 5.32 Å². The van der Waals surface area contributed by atoms with E-state index in [-0.39, 0.29) is 11.9 Å². The molecule has 3 aromatic rings. The summed E-state index contributed by atoms with van der Waals surface area (Å²) in [6.45, 7) is 3.73. The minimum Gasteiger partial charge on any atom is -0.293 e. The van der Waals surface area contributed by atoms with Gasteiger partial charge in [-0.1, -0.05) is 12.1 Å². The second-order valence-corrected chi connectivity index (χ2v) is 7.63. The number of hydrogen-bond donors (Lipinski definition) is 1. The maximum atomic E-state index is 12.4. The number of para-hydroxylation sites is 1. The van der Waals surface area contributed by atoms with Crippen molar-refractivity contribution >= 4 is 33.4 Å². The molecule has 1 amide bonds. The lowest BCUT2D eigenvalue weighted by atomic mass is 9.96. The fraction of sp³-hybridized carbons (Fsp3) is 0.368. The van der Waals surface area contributed by atoms with Crippen molar-refractivity contribution in [2.24, 2.45) is 0 Å². The zero-order valence-corrected chi connectivity index (χ0v) is 15.4. The van der Waals surface area contributed by atoms with Crippen LogP contribution in [0.5, 0.6) is 0 Å². The third kappa shape index (κ3) is 3.59. The zero-order chi connectivity index (χ0) is 17.9. The van der Waals surface area contributed by atoms with Crippen molar-refractivity contribution in [3.05, 3.63) is 47.7 Å². The first-order valence-electron chi connectivity index (χ1n) is 8.88. The van der Waals surface area contributed by atoms with Gasteiger partial charge in [0.25, 0.3) is 0 Å². The monoisotopic (exact) mass is 367 g/mol. The number of likely N-dealkylation sites (tertiary alicyclic amines) is 1. The molecule has 0 spiro atoms. The summed E-state index contributed by atoms with van der Waals surface area (Å²) in [6, 6.07) is 9.82. The van der Waals surface area contributed by atoms with Crippen LogP contribution in [0, 0.1) is 0 Å². The van der Waals surface area contributed by atoms with Gasteiger partial charge in [0.15, 0.2) is 0 Å². The second kappa shape index (κ2) is 7.47. The van der Waals surface area contributed by atoms with E-state index < -0.39 is 0 Å². The van der Waals surface area contributed by atoms with Gasteiger partial charge in [0.2, 0.25) is 11.9 Å². The Balaban J connectivity index is 1.36. The summed E-state index contributed by atoms with van der Waals surface area (Å²) in [6.07, 6.45) is 5.30. The van der Waals surface area contributed by atoms with Gasteiger partial charge in [-0.05, 0) is 51.1 Å². The van der Waals surface area contributed by atoms with Crippen molar-refractivity contribution in [2.45, 2.75) is 31.7 Å². The third-order valence-electron chi connectivity index (χ3n) is 4.92. The van der Waals surface area contributed by atoms with E-state index in [0.29, 0.717) is 11.9 Å². The Labute approximate surface area is 156 Å². The van der Waals surface area contributed by atoms with Crippen LogP contribution in [0.3, 0.4) is 0 Å². The van der Waals surface area contributed by atoms with Gasteiger partial charge in [-0.2, -0.15) is 0 Å². The number of rotatable bonds is 4. The molecule has 7 heteroatoms. The number of piperidine rings is 1. The minimum atomic E-state index is -0.199. The normalized spacial score (nSPS) is 17.3. The highest BCUT2D eigenvalue weighted by atomic mass is 32.1. The highest BCUT2D eigenvalue weighted by molar-refractivity contribution is 7.18. The summed E-state index contributed by atoms with van der Waals surface area (Å²) in [5.74, 6) is 0.778. The van der Waals surface area contributed by atoms with Crippen molar-refractivity contribution in [1.29, 1.82) is 0 Å². The Morgan fingerprint density at radius 1 is 1.19 bits per heavy atom. The highest BCUT2D eigenvalue weighted by Gasteiger charge is 2.28. The van der Waals surface area contributed by atoms with E-state index in [1.54, 1.807) is 29.8 Å². The largest absolute Gasteiger partial charge is 0.293 e. The van der Waals surface area contributed by atoms with Crippen LogP contribution in [-0.2, 0) is 4.79 Å². The number of fused-ring (bicyclic) bond motifs is 1. The van der Waals surface area contributed by atoms with Crippen molar-refractivity contribution in [2.75, 3.05) is 18.4 Å². The average molecular weight is 367 g/mol. The quantitative estimate of drug-likeness (QED) is 0.766. The van der Waals surface area contributed by atoms with Crippen LogP contribution in [0.15, 0.2) is 42.7 Å². The van der Waals surface area contributed by atoms with E-state index in [2.05, 4.69) is 38.4 Å². The molecule has 1 saturated heterocycles. The van der Waals surface area contributed by atoms with Crippen molar-refractivity contribution in [3.8, 4) is 0 Å². The Morgan fingerprint density at radius 3 is 2.65 bits per heavy atom. The Morgan fingerprint density at radius 2 is 1.92 bits per heavy atom. The molecule has 1 N–H and O–H groups in total. The molecule has 1 unspecified atom stereocenters. The number of carbonyl (C=O) groups excluding carboxylic acids is 1. The van der Waals surface area contributed by atoms with Gasteiger partial charge in [0, 0.05) is 18.3 Å². The molecule has 1 aromatic carbocycles. The minimum absolute atomic E-state index is 0.0605. The summed E-state index contributed by atoms with van der Waals surface area (Å²) in [5.41, 5.74) is 1.09. The topological polar surface area (TPSA) is 71.0 Å². The molecule has 0 aliphatic carbocycles. The average Bonchev–Trinajstić information content (AvgIpc) is 3.12. The molecular formula is C19H21N5OS. The molecular weight excluding hydrogens is 346 g/mol. The first-order chi connectivity index (χ1) is 12.7. The first-order valence-corrected chi connectivity index (χ1v) is 9.70. The molecule has 0 bridgehead atoms. The molecule has 134 valence electrons. The lowest BCUT2D eigenvalue weighted by molar-refractivity contribution is -0.121. The maximum Gasteiger partial charge on any atom is 0.243 e. The summed E-state index contributed by atoms with van der Waals surface area (Å²) in [7, 11) is 0. The summed E-state index contributed by atoms with van der Waals surface area (Å²) in [5, 5.41) is 4.01. The van der Waals surface area contributed by atoms with Crippen LogP contribution in [0.2, 0.25) is 0 Å². The summed E-state index contributed by atoms with van der Waals surface area (Å²) >= 11 is 1.80. The van der Waals surface area contributed by atoms with Gasteiger partial charge >= 0.3 is 0 Å². The van der Waals surface area contributed by atoms with Crippen LogP contribution in [-0.4, -0.2) is 44.9 Å². The molecule has 0 saturated carbocycles. The fourth-order valence-corrected chi connectivity index (χ4v) is 4.48. The Hall–Kier alpha value is -2.38. The molecule has 1 aliphatic heterocycles. The van der Waals surface area contributed by atoms with Gasteiger partial charge in [-0.15, -0.1) is 11.3 Å². The number of thiazole rings is 1. The predicted molar refractivity (Wildman–Crippen MR) is 103 cm³/mol. The smallest absolute Gasteiger partial charge is 0.243 e. The number of aromatic nitrogens is 3. The molecule has 1 atom stereocenters. The zero-order valence-electron chi connectivity index (χ0n) is 14.6. The van der Waals surface area contributed by atoms with E-state index in [1.807, 2.05) is 13.0 Å². The number of carbonyl (C=O) groups is 1. The molecule has 1 aliphatic rings. The van der Waals surface area contributed by atoms with Crippen molar-refractivity contribution in [1.82, 2.24) is 19.9 Å². The van der Waals surface area contributed by atoms with Crippen LogP contribution in [0.1, 0.15) is 30.7 Å². The summed E-state index contributed by atoms with van der Waals surface area (Å²) < 4.78 is 1.25. The number of benzene rings is 1. The fourth-order valence-electron chi connectivity index (χ4n) is 3.34. The molecule has 26 heavy (non-hydrogen) atoms. The van der Waals surface area contributed by atoms with Crippen LogP contribution in [0.4, 0.5) is 5.95 Å². The Kier molecular flexibility index (Phi) is 4.90. The van der Waals surface area contributed by atoms with Gasteiger partial charge in [-0.3, -0.25) is 15.0 Å². The van der Waals surface area contributed by atoms with Crippen molar-refractivity contribution in [3.63, 3.8) is 0 Å². The Bertz CT molecular complexity index is 856. The van der Waals surface area contributed by atoms with E-state index in [9.17, 15) is 4.79 Å². The summed E-state index contributed by atoms with van der Waals surface area (Å²) in [4.78, 5) is 27.6. The number of amides is 1. The number of nitrogens with one attached hydrogen (secondary N) is 1. The lowest BCUT2D eigenvalue weighted by Crippen LogP contribution is -2.45. The third-order valence-corrected chi connectivity index (χ3v) is 6.12. The standard InChI is InChI=1S/C19H21N5OS/c1-13(17(25)23-19-20-9-4-10-21-19)24-11-7-14(8-12-24)18-22-15-5-2-3-6-16(15)26-18/h2-6,9-10,13-14H,7-8,11-12H2,1H3,(H,20,21,23,25). The molecule has 4 rings (SSSR count). The number of hydrogen-bond acceptors (Lipinski definition) is 6. The lowest BCUT2D eigenvalue weighted by Gasteiger charge is -2.34. The highest BCUT2D eigenvalue weighted by Crippen LogP contribution is 2.34. The van der Waals surface area contributed by atoms with Gasteiger partial charge in [-0.25, -0.2) is 15.0 Å². The molecule has 3 heterocycles. The molecule has 2 aromatic heterocycles. The maximum absolute atomic E-state index is 12.4. The van der Waals surface area contributed by atoms with Gasteiger partial charge < -0.3 is 0 Å². The first kappa shape index (κ1) is 17.1.